The lowest BCUT2D eigenvalue weighted by molar-refractivity contribution is -0.140. The summed E-state index contributed by atoms with van der Waals surface area (Å²) in [5.41, 5.74) is 1.05. The van der Waals surface area contributed by atoms with Crippen LogP contribution in [0.3, 0.4) is 0 Å². The zero-order valence-corrected chi connectivity index (χ0v) is 12.1. The summed E-state index contributed by atoms with van der Waals surface area (Å²) < 4.78 is 5.69. The lowest BCUT2D eigenvalue weighted by Crippen LogP contribution is -2.34. The van der Waals surface area contributed by atoms with Crippen molar-refractivity contribution in [1.82, 2.24) is 4.90 Å². The highest BCUT2D eigenvalue weighted by molar-refractivity contribution is 6.05. The number of aryl methyl sites for hydroxylation is 1. The summed E-state index contributed by atoms with van der Waals surface area (Å²) >= 11 is 0. The average molecular weight is 285 g/mol. The summed E-state index contributed by atoms with van der Waals surface area (Å²) in [5, 5.41) is 0. The van der Waals surface area contributed by atoms with Gasteiger partial charge in [0, 0.05) is 0 Å². The monoisotopic (exact) mass is 285 g/mol. The van der Waals surface area contributed by atoms with Crippen LogP contribution in [0, 0.1) is 18.8 Å². The number of carbonyl (C=O) groups excluding carboxylic acids is 2. The molecule has 0 radical (unpaired) electrons. The molecule has 2 aliphatic rings. The molecule has 4 heteroatoms. The van der Waals surface area contributed by atoms with E-state index in [2.05, 4.69) is 0 Å². The fraction of sp³-hybridized carbons (Fsp3) is 0.412. The minimum Gasteiger partial charge on any atom is -0.491 e. The first-order valence-electron chi connectivity index (χ1n) is 7.37. The van der Waals surface area contributed by atoms with Gasteiger partial charge in [-0.25, -0.2) is 0 Å². The molecule has 1 saturated heterocycles. The molecule has 0 N–H and O–H groups in total. The number of amides is 2. The average Bonchev–Trinajstić information content (AvgIpc) is 2.74. The van der Waals surface area contributed by atoms with Crippen molar-refractivity contribution >= 4 is 11.8 Å². The summed E-state index contributed by atoms with van der Waals surface area (Å²) in [4.78, 5) is 25.9. The molecule has 0 spiro atoms. The first kappa shape index (κ1) is 13.9. The van der Waals surface area contributed by atoms with Gasteiger partial charge in [-0.1, -0.05) is 30.4 Å². The van der Waals surface area contributed by atoms with E-state index in [1.54, 1.807) is 0 Å². The van der Waals surface area contributed by atoms with Crippen LogP contribution in [0.5, 0.6) is 5.75 Å². The number of likely N-dealkylation sites (tertiary alicyclic amines) is 1. The van der Waals surface area contributed by atoms with Gasteiger partial charge in [0.1, 0.15) is 12.4 Å². The summed E-state index contributed by atoms with van der Waals surface area (Å²) in [6, 6.07) is 7.73. The van der Waals surface area contributed by atoms with Crippen molar-refractivity contribution < 1.29 is 14.3 Å². The van der Waals surface area contributed by atoms with E-state index in [1.807, 2.05) is 43.3 Å². The number of nitrogens with zero attached hydrogens (tertiary/aromatic N) is 1. The zero-order chi connectivity index (χ0) is 14.8. The van der Waals surface area contributed by atoms with Crippen molar-refractivity contribution in [3.05, 3.63) is 42.0 Å². The summed E-state index contributed by atoms with van der Waals surface area (Å²) in [6.45, 7) is 2.65. The number of carbonyl (C=O) groups is 2. The van der Waals surface area contributed by atoms with E-state index in [-0.39, 0.29) is 23.7 Å². The van der Waals surface area contributed by atoms with Crippen LogP contribution in [-0.2, 0) is 9.59 Å². The van der Waals surface area contributed by atoms with Crippen LogP contribution in [0.25, 0.3) is 0 Å². The molecule has 2 amide bonds. The number of rotatable bonds is 4. The summed E-state index contributed by atoms with van der Waals surface area (Å²) in [5.74, 6) is 0.420. The molecule has 3 rings (SSSR count). The van der Waals surface area contributed by atoms with Crippen LogP contribution >= 0.6 is 0 Å². The zero-order valence-electron chi connectivity index (χ0n) is 12.1. The second-order valence-corrected chi connectivity index (χ2v) is 5.60. The molecule has 1 aliphatic heterocycles. The molecular weight excluding hydrogens is 266 g/mol. The Balaban J connectivity index is 1.60. The largest absolute Gasteiger partial charge is 0.491 e. The maximum absolute atomic E-state index is 12.3. The molecule has 1 aromatic carbocycles. The number of para-hydroxylation sites is 1. The number of allylic oxidation sites excluding steroid dienone is 2. The maximum Gasteiger partial charge on any atom is 0.233 e. The highest BCUT2D eigenvalue weighted by Crippen LogP contribution is 2.34. The van der Waals surface area contributed by atoms with Gasteiger partial charge in [0.15, 0.2) is 0 Å². The molecule has 2 atom stereocenters. The van der Waals surface area contributed by atoms with Crippen LogP contribution < -0.4 is 4.74 Å². The van der Waals surface area contributed by atoms with Gasteiger partial charge in [0.05, 0.1) is 18.4 Å². The lowest BCUT2D eigenvalue weighted by atomic mass is 9.85. The second kappa shape index (κ2) is 5.72. The topological polar surface area (TPSA) is 46.6 Å². The standard InChI is InChI=1S/C17H19NO3/c1-12-6-2-5-9-15(12)21-11-10-18-16(19)13-7-3-4-8-14(13)17(18)20/h2-6,9,13-14H,7-8,10-11H2,1H3. The number of hydrogen-bond acceptors (Lipinski definition) is 3. The first-order valence-corrected chi connectivity index (χ1v) is 7.37. The third-order valence-corrected chi connectivity index (χ3v) is 4.26. The first-order chi connectivity index (χ1) is 10.2. The van der Waals surface area contributed by atoms with E-state index in [4.69, 9.17) is 4.74 Å². The van der Waals surface area contributed by atoms with Crippen molar-refractivity contribution in [3.8, 4) is 5.75 Å². The molecule has 0 aromatic heterocycles. The van der Waals surface area contributed by atoms with Gasteiger partial charge in [0.25, 0.3) is 0 Å². The number of ether oxygens (including phenoxy) is 1. The quantitative estimate of drug-likeness (QED) is 0.630. The van der Waals surface area contributed by atoms with Gasteiger partial charge in [0.2, 0.25) is 11.8 Å². The second-order valence-electron chi connectivity index (χ2n) is 5.60. The van der Waals surface area contributed by atoms with E-state index in [1.165, 1.54) is 4.90 Å². The number of benzene rings is 1. The fourth-order valence-corrected chi connectivity index (χ4v) is 3.05. The van der Waals surface area contributed by atoms with E-state index in [0.29, 0.717) is 26.0 Å². The van der Waals surface area contributed by atoms with Gasteiger partial charge in [-0.2, -0.15) is 0 Å². The molecule has 110 valence electrons. The lowest BCUT2D eigenvalue weighted by Gasteiger charge is -2.16. The Morgan fingerprint density at radius 2 is 1.71 bits per heavy atom. The minimum atomic E-state index is -0.152. The molecule has 4 nitrogen and oxygen atoms in total. The van der Waals surface area contributed by atoms with Crippen LogP contribution in [0.4, 0.5) is 0 Å². The Kier molecular flexibility index (Phi) is 3.78. The van der Waals surface area contributed by atoms with Crippen molar-refractivity contribution in [3.63, 3.8) is 0 Å². The van der Waals surface area contributed by atoms with Crippen molar-refractivity contribution in [2.45, 2.75) is 19.8 Å². The number of hydrogen-bond donors (Lipinski definition) is 0. The predicted octanol–water partition coefficient (Wildman–Crippen LogP) is 2.33. The van der Waals surface area contributed by atoms with E-state index in [9.17, 15) is 9.59 Å². The molecule has 1 aromatic rings. The summed E-state index contributed by atoms with van der Waals surface area (Å²) in [6.07, 6.45) is 5.37. The van der Waals surface area contributed by atoms with E-state index < -0.39 is 0 Å². The van der Waals surface area contributed by atoms with Crippen LogP contribution in [0.15, 0.2) is 36.4 Å². The third kappa shape index (κ3) is 2.58. The van der Waals surface area contributed by atoms with Crippen molar-refractivity contribution in [2.24, 2.45) is 11.8 Å². The van der Waals surface area contributed by atoms with Gasteiger partial charge >= 0.3 is 0 Å². The van der Waals surface area contributed by atoms with Gasteiger partial charge in [-0.15, -0.1) is 0 Å². The Bertz CT molecular complexity index is 567. The van der Waals surface area contributed by atoms with Crippen molar-refractivity contribution in [1.29, 1.82) is 0 Å². The molecule has 1 fully saturated rings. The fourth-order valence-electron chi connectivity index (χ4n) is 3.05. The highest BCUT2D eigenvalue weighted by atomic mass is 16.5. The van der Waals surface area contributed by atoms with Gasteiger partial charge in [-0.05, 0) is 31.4 Å². The van der Waals surface area contributed by atoms with Crippen LogP contribution in [0.2, 0.25) is 0 Å². The predicted molar refractivity (Wildman–Crippen MR) is 78.7 cm³/mol. The minimum absolute atomic E-state index is 0.0391. The normalized spacial score (nSPS) is 24.3. The molecule has 0 bridgehead atoms. The Labute approximate surface area is 124 Å². The van der Waals surface area contributed by atoms with Crippen molar-refractivity contribution in [2.75, 3.05) is 13.2 Å². The smallest absolute Gasteiger partial charge is 0.233 e. The Morgan fingerprint density at radius 3 is 2.33 bits per heavy atom. The van der Waals surface area contributed by atoms with E-state index >= 15 is 0 Å². The van der Waals surface area contributed by atoms with E-state index in [0.717, 1.165) is 11.3 Å². The number of imide groups is 1. The van der Waals surface area contributed by atoms with Gasteiger partial charge in [-0.3, -0.25) is 14.5 Å². The molecule has 1 aliphatic carbocycles. The van der Waals surface area contributed by atoms with Crippen LogP contribution in [-0.4, -0.2) is 29.9 Å². The molecule has 21 heavy (non-hydrogen) atoms. The van der Waals surface area contributed by atoms with Gasteiger partial charge < -0.3 is 4.74 Å². The molecule has 2 unspecified atom stereocenters. The Hall–Kier alpha value is -2.10. The molecule has 1 heterocycles. The SMILES string of the molecule is Cc1ccccc1OCCN1C(=O)C2CC=CCC2C1=O. The Morgan fingerprint density at radius 1 is 1.10 bits per heavy atom. The van der Waals surface area contributed by atoms with Crippen LogP contribution in [0.1, 0.15) is 18.4 Å². The highest BCUT2D eigenvalue weighted by Gasteiger charge is 2.46. The molecule has 0 saturated carbocycles. The maximum atomic E-state index is 12.3. The third-order valence-electron chi connectivity index (χ3n) is 4.26. The number of fused-ring (bicyclic) bond motifs is 1. The summed E-state index contributed by atoms with van der Waals surface area (Å²) in [7, 11) is 0. The molecular formula is C17H19NO3.